The van der Waals surface area contributed by atoms with Crippen LogP contribution >= 0.6 is 0 Å². The normalized spacial score (nSPS) is 18.3. The van der Waals surface area contributed by atoms with Gasteiger partial charge in [-0.25, -0.2) is 4.79 Å². The Morgan fingerprint density at radius 1 is 0.857 bits per heavy atom. The molecule has 4 rings (SSSR count). The maximum Gasteiger partial charge on any atom is 0.321 e. The minimum absolute atomic E-state index is 0.0885. The summed E-state index contributed by atoms with van der Waals surface area (Å²) < 4.78 is 5.29. The van der Waals surface area contributed by atoms with E-state index in [0.717, 1.165) is 16.5 Å². The van der Waals surface area contributed by atoms with Gasteiger partial charge in [0.2, 0.25) is 5.91 Å². The van der Waals surface area contributed by atoms with Crippen molar-refractivity contribution in [1.29, 1.82) is 0 Å². The van der Waals surface area contributed by atoms with Crippen molar-refractivity contribution in [2.24, 2.45) is 0 Å². The lowest BCUT2D eigenvalue weighted by molar-refractivity contribution is -0.136. The number of carbonyl (C=O) groups is 2. The van der Waals surface area contributed by atoms with Gasteiger partial charge in [0.25, 0.3) is 0 Å². The van der Waals surface area contributed by atoms with Gasteiger partial charge in [-0.2, -0.15) is 0 Å². The van der Waals surface area contributed by atoms with Crippen molar-refractivity contribution in [3.63, 3.8) is 0 Å². The summed E-state index contributed by atoms with van der Waals surface area (Å²) in [5.74, 6) is 0.150. The molecule has 0 unspecified atom stereocenters. The second-order valence-electron chi connectivity index (χ2n) is 7.25. The van der Waals surface area contributed by atoms with E-state index in [-0.39, 0.29) is 11.9 Å². The molecule has 7 nitrogen and oxygen atoms in total. The van der Waals surface area contributed by atoms with Crippen LogP contribution in [0.1, 0.15) is 0 Å². The lowest BCUT2D eigenvalue weighted by atomic mass is 10.1. The Kier molecular flexibility index (Phi) is 5.73. The summed E-state index contributed by atoms with van der Waals surface area (Å²) in [6, 6.07) is 13.9. The summed E-state index contributed by atoms with van der Waals surface area (Å²) in [5.41, 5.74) is 0.800. The first-order valence-corrected chi connectivity index (χ1v) is 9.82. The van der Waals surface area contributed by atoms with Crippen molar-refractivity contribution in [2.75, 3.05) is 64.3 Å². The molecule has 0 atom stereocenters. The first kappa shape index (κ1) is 18.7. The van der Waals surface area contributed by atoms with Gasteiger partial charge in [0, 0.05) is 45.0 Å². The van der Waals surface area contributed by atoms with Crippen molar-refractivity contribution in [2.45, 2.75) is 0 Å². The highest BCUT2D eigenvalue weighted by atomic mass is 16.5. The number of piperazine rings is 1. The van der Waals surface area contributed by atoms with E-state index in [0.29, 0.717) is 59.0 Å². The maximum atomic E-state index is 12.6. The van der Waals surface area contributed by atoms with E-state index in [2.05, 4.69) is 16.3 Å². The van der Waals surface area contributed by atoms with Gasteiger partial charge in [0.15, 0.2) is 0 Å². The number of benzene rings is 2. The number of ether oxygens (including phenoxy) is 1. The Morgan fingerprint density at radius 2 is 1.57 bits per heavy atom. The highest BCUT2D eigenvalue weighted by Gasteiger charge is 2.25. The molecule has 2 saturated heterocycles. The maximum absolute atomic E-state index is 12.6. The van der Waals surface area contributed by atoms with Crippen LogP contribution in [0.15, 0.2) is 42.5 Å². The molecule has 2 heterocycles. The van der Waals surface area contributed by atoms with Crippen LogP contribution < -0.4 is 5.32 Å². The van der Waals surface area contributed by atoms with E-state index in [1.165, 1.54) is 0 Å². The molecule has 0 aromatic heterocycles. The Hall–Kier alpha value is -2.64. The lowest BCUT2D eigenvalue weighted by Gasteiger charge is -2.36. The third kappa shape index (κ3) is 4.43. The highest BCUT2D eigenvalue weighted by Crippen LogP contribution is 2.19. The molecule has 28 heavy (non-hydrogen) atoms. The second-order valence-corrected chi connectivity index (χ2v) is 7.25. The van der Waals surface area contributed by atoms with E-state index in [9.17, 15) is 9.59 Å². The van der Waals surface area contributed by atoms with Crippen LogP contribution in [0.2, 0.25) is 0 Å². The van der Waals surface area contributed by atoms with E-state index in [1.807, 2.05) is 46.2 Å². The van der Waals surface area contributed by atoms with Gasteiger partial charge in [-0.05, 0) is 22.9 Å². The molecule has 0 bridgehead atoms. The molecule has 3 amide bonds. The van der Waals surface area contributed by atoms with Gasteiger partial charge >= 0.3 is 6.03 Å². The smallest absolute Gasteiger partial charge is 0.321 e. The molecule has 0 saturated carbocycles. The van der Waals surface area contributed by atoms with Crippen molar-refractivity contribution in [3.05, 3.63) is 42.5 Å². The van der Waals surface area contributed by atoms with Crippen molar-refractivity contribution in [3.8, 4) is 0 Å². The second kappa shape index (κ2) is 8.58. The topological polar surface area (TPSA) is 65.1 Å². The fourth-order valence-electron chi connectivity index (χ4n) is 3.68. The molecule has 2 aromatic rings. The summed E-state index contributed by atoms with van der Waals surface area (Å²) in [6.07, 6.45) is 0. The third-order valence-corrected chi connectivity index (χ3v) is 5.38. The predicted octanol–water partition coefficient (Wildman–Crippen LogP) is 1.85. The summed E-state index contributed by atoms with van der Waals surface area (Å²) in [7, 11) is 0. The molecule has 1 N–H and O–H groups in total. The van der Waals surface area contributed by atoms with Gasteiger partial charge < -0.3 is 19.9 Å². The highest BCUT2D eigenvalue weighted by molar-refractivity contribution is 5.93. The number of hydrogen-bond donors (Lipinski definition) is 1. The number of anilines is 1. The SMILES string of the molecule is O=C(CN1CCN(C(=O)Nc2ccc3ccccc3c2)CC1)N1CCOCC1. The van der Waals surface area contributed by atoms with Gasteiger partial charge in [-0.15, -0.1) is 0 Å². The van der Waals surface area contributed by atoms with Crippen molar-refractivity contribution >= 4 is 28.4 Å². The lowest BCUT2D eigenvalue weighted by Crippen LogP contribution is -2.53. The molecule has 2 aliphatic rings. The minimum atomic E-state index is -0.0885. The first-order chi connectivity index (χ1) is 13.7. The molecule has 2 fully saturated rings. The van der Waals surface area contributed by atoms with Crippen LogP contribution in [0.3, 0.4) is 0 Å². The standard InChI is InChI=1S/C21H26N4O3/c26-20(24-11-13-28-14-12-24)16-23-7-9-25(10-8-23)21(27)22-19-6-5-17-3-1-2-4-18(17)15-19/h1-6,15H,7-14,16H2,(H,22,27). The van der Waals surface area contributed by atoms with Gasteiger partial charge in [-0.3, -0.25) is 9.69 Å². The number of carbonyl (C=O) groups excluding carboxylic acids is 2. The van der Waals surface area contributed by atoms with Crippen molar-refractivity contribution < 1.29 is 14.3 Å². The Morgan fingerprint density at radius 3 is 2.32 bits per heavy atom. The number of amides is 3. The molecule has 7 heteroatoms. The fraction of sp³-hybridized carbons (Fsp3) is 0.429. The molecular formula is C21H26N4O3. The predicted molar refractivity (Wildman–Crippen MR) is 108 cm³/mol. The summed E-state index contributed by atoms with van der Waals surface area (Å²) in [5, 5.41) is 5.25. The summed E-state index contributed by atoms with van der Waals surface area (Å²) >= 11 is 0. The minimum Gasteiger partial charge on any atom is -0.378 e. The van der Waals surface area contributed by atoms with Crippen molar-refractivity contribution in [1.82, 2.24) is 14.7 Å². The molecule has 0 aliphatic carbocycles. The Labute approximate surface area is 164 Å². The van der Waals surface area contributed by atoms with Crippen LogP contribution in [0.25, 0.3) is 10.8 Å². The van der Waals surface area contributed by atoms with E-state index >= 15 is 0 Å². The zero-order valence-electron chi connectivity index (χ0n) is 16.0. The third-order valence-electron chi connectivity index (χ3n) is 5.38. The molecule has 0 radical (unpaired) electrons. The molecule has 2 aliphatic heterocycles. The average Bonchev–Trinajstić information content (AvgIpc) is 2.75. The number of nitrogens with zero attached hydrogens (tertiary/aromatic N) is 3. The number of fused-ring (bicyclic) bond motifs is 1. The summed E-state index contributed by atoms with van der Waals surface area (Å²) in [6.45, 7) is 5.66. The number of rotatable bonds is 3. The number of nitrogens with one attached hydrogen (secondary N) is 1. The monoisotopic (exact) mass is 382 g/mol. The molecular weight excluding hydrogens is 356 g/mol. The number of morpholine rings is 1. The summed E-state index contributed by atoms with van der Waals surface area (Å²) in [4.78, 5) is 30.7. The van der Waals surface area contributed by atoms with Crippen LogP contribution in [0, 0.1) is 0 Å². The van der Waals surface area contributed by atoms with Gasteiger partial charge in [0.05, 0.1) is 19.8 Å². The quantitative estimate of drug-likeness (QED) is 0.880. The number of urea groups is 1. The molecule has 0 spiro atoms. The van der Waals surface area contributed by atoms with E-state index < -0.39 is 0 Å². The molecule has 2 aromatic carbocycles. The van der Waals surface area contributed by atoms with Crippen LogP contribution in [0.4, 0.5) is 10.5 Å². The zero-order chi connectivity index (χ0) is 19.3. The largest absolute Gasteiger partial charge is 0.378 e. The molecule has 148 valence electrons. The Bertz CT molecular complexity index is 842. The van der Waals surface area contributed by atoms with Gasteiger partial charge in [0.1, 0.15) is 0 Å². The van der Waals surface area contributed by atoms with Crippen LogP contribution in [-0.4, -0.2) is 85.7 Å². The first-order valence-electron chi connectivity index (χ1n) is 9.82. The van der Waals surface area contributed by atoms with Gasteiger partial charge in [-0.1, -0.05) is 30.3 Å². The van der Waals surface area contributed by atoms with E-state index in [1.54, 1.807) is 0 Å². The van der Waals surface area contributed by atoms with Crippen LogP contribution in [0.5, 0.6) is 0 Å². The zero-order valence-corrected chi connectivity index (χ0v) is 16.0. The average molecular weight is 382 g/mol. The number of hydrogen-bond acceptors (Lipinski definition) is 4. The Balaban J connectivity index is 1.26. The fourth-order valence-corrected chi connectivity index (χ4v) is 3.68. The van der Waals surface area contributed by atoms with E-state index in [4.69, 9.17) is 4.74 Å². The van der Waals surface area contributed by atoms with Crippen LogP contribution in [-0.2, 0) is 9.53 Å².